The maximum Gasteiger partial charge on any atom is 0.306 e. The zero-order valence-electron chi connectivity index (χ0n) is 50.9. The Morgan fingerprint density at radius 3 is 0.808 bits per heavy atom. The number of hydrogen-bond acceptors (Lipinski definition) is 6. The summed E-state index contributed by atoms with van der Waals surface area (Å²) in [5, 5.41) is 0. The number of allylic oxidation sites excluding steroid dienone is 20. The SMILES string of the molecule is CC/C=C\C/C=C\C/C=C\C/C=C\C/C=C\C/C=C\C/C=C\C/C=C\C/C=C\CCCCCCCCCC(=O)OCC(COC(=O)CCCCCCCCCCCCCC)OC(=O)CCCCCCC/C=C\CCCCCC. The Kier molecular flexibility index (Phi) is 61.8. The molecule has 1 unspecified atom stereocenters. The zero-order chi connectivity index (χ0) is 56.4. The van der Waals surface area contributed by atoms with E-state index < -0.39 is 6.10 Å². The van der Waals surface area contributed by atoms with E-state index in [0.717, 1.165) is 135 Å². The first kappa shape index (κ1) is 73.8. The average molecular weight is 1080 g/mol. The van der Waals surface area contributed by atoms with Crippen molar-refractivity contribution in [3.63, 3.8) is 0 Å². The van der Waals surface area contributed by atoms with E-state index in [9.17, 15) is 14.4 Å². The van der Waals surface area contributed by atoms with Crippen molar-refractivity contribution in [1.29, 1.82) is 0 Å². The Morgan fingerprint density at radius 2 is 0.500 bits per heavy atom. The predicted octanol–water partition coefficient (Wildman–Crippen LogP) is 22.4. The Labute approximate surface area is 482 Å². The van der Waals surface area contributed by atoms with Crippen molar-refractivity contribution in [3.05, 3.63) is 122 Å². The van der Waals surface area contributed by atoms with Gasteiger partial charge in [0.05, 0.1) is 0 Å². The van der Waals surface area contributed by atoms with Crippen LogP contribution in [0, 0.1) is 0 Å². The Morgan fingerprint density at radius 1 is 0.269 bits per heavy atom. The van der Waals surface area contributed by atoms with Crippen LogP contribution in [0.2, 0.25) is 0 Å². The van der Waals surface area contributed by atoms with Gasteiger partial charge in [0.2, 0.25) is 0 Å². The first-order valence-corrected chi connectivity index (χ1v) is 32.5. The van der Waals surface area contributed by atoms with E-state index in [-0.39, 0.29) is 31.1 Å². The van der Waals surface area contributed by atoms with Gasteiger partial charge in [-0.05, 0) is 116 Å². The van der Waals surface area contributed by atoms with E-state index in [0.29, 0.717) is 19.3 Å². The third kappa shape index (κ3) is 62.7. The third-order valence-corrected chi connectivity index (χ3v) is 13.7. The molecular formula is C72H120O6. The Balaban J connectivity index is 4.22. The van der Waals surface area contributed by atoms with Crippen molar-refractivity contribution < 1.29 is 28.6 Å². The molecule has 0 aliphatic heterocycles. The molecule has 0 heterocycles. The normalized spacial score (nSPS) is 12.9. The van der Waals surface area contributed by atoms with Crippen LogP contribution >= 0.6 is 0 Å². The second-order valence-electron chi connectivity index (χ2n) is 21.3. The topological polar surface area (TPSA) is 78.9 Å². The minimum Gasteiger partial charge on any atom is -0.462 e. The van der Waals surface area contributed by atoms with Crippen LogP contribution in [0.15, 0.2) is 122 Å². The van der Waals surface area contributed by atoms with Gasteiger partial charge in [-0.1, -0.05) is 284 Å². The maximum atomic E-state index is 12.8. The minimum absolute atomic E-state index is 0.0831. The molecule has 0 aliphatic rings. The van der Waals surface area contributed by atoms with E-state index in [1.165, 1.54) is 122 Å². The van der Waals surface area contributed by atoms with Crippen molar-refractivity contribution in [2.24, 2.45) is 0 Å². The first-order valence-electron chi connectivity index (χ1n) is 32.5. The lowest BCUT2D eigenvalue weighted by atomic mass is 10.0. The summed E-state index contributed by atoms with van der Waals surface area (Å²) in [6.45, 7) is 6.50. The van der Waals surface area contributed by atoms with Crippen LogP contribution in [0.25, 0.3) is 0 Å². The fourth-order valence-electron chi connectivity index (χ4n) is 8.84. The minimum atomic E-state index is -0.787. The van der Waals surface area contributed by atoms with Gasteiger partial charge < -0.3 is 14.2 Å². The summed E-state index contributed by atoms with van der Waals surface area (Å²) in [5.41, 5.74) is 0. The van der Waals surface area contributed by atoms with Crippen molar-refractivity contribution in [3.8, 4) is 0 Å². The molecule has 0 N–H and O–H groups in total. The van der Waals surface area contributed by atoms with Crippen LogP contribution < -0.4 is 0 Å². The number of esters is 3. The third-order valence-electron chi connectivity index (χ3n) is 13.7. The lowest BCUT2D eigenvalue weighted by Crippen LogP contribution is -2.30. The van der Waals surface area contributed by atoms with E-state index in [1.54, 1.807) is 0 Å². The van der Waals surface area contributed by atoms with Crippen LogP contribution in [0.3, 0.4) is 0 Å². The average Bonchev–Trinajstić information content (AvgIpc) is 3.44. The van der Waals surface area contributed by atoms with Crippen molar-refractivity contribution in [1.82, 2.24) is 0 Å². The molecule has 0 spiro atoms. The molecule has 1 atom stereocenters. The molecule has 0 aromatic carbocycles. The van der Waals surface area contributed by atoms with Crippen LogP contribution in [0.1, 0.15) is 297 Å². The van der Waals surface area contributed by atoms with Gasteiger partial charge in [0.1, 0.15) is 13.2 Å². The standard InChI is InChI=1S/C72H120O6/c1-4-7-10-13-16-19-22-25-26-27-28-29-30-31-32-33-34-35-36-37-38-39-40-41-42-43-44-45-46-48-50-53-56-59-62-65-71(74)77-68-69(67-76-70(73)64-61-58-55-52-49-24-21-18-15-12-9-6-3)78-72(75)66-63-60-57-54-51-47-23-20-17-14-11-8-5-2/h7,10,16,19-20,23,25-26,28-29,31-32,34-35,37-38,40-41,43-44,69H,4-6,8-9,11-15,17-18,21-22,24,27,30,33,36,39,42,45-68H2,1-3H3/b10-7-,19-16-,23-20-,26-25-,29-28-,32-31-,35-34-,38-37-,41-40-,44-43-. The van der Waals surface area contributed by atoms with Gasteiger partial charge in [0.25, 0.3) is 0 Å². The molecule has 0 aliphatic carbocycles. The molecule has 0 aromatic heterocycles. The summed E-state index contributed by atoms with van der Waals surface area (Å²) in [6.07, 6.45) is 90.7. The van der Waals surface area contributed by atoms with Crippen molar-refractivity contribution in [2.45, 2.75) is 303 Å². The Bertz CT molecular complexity index is 1620. The van der Waals surface area contributed by atoms with Crippen LogP contribution in [-0.4, -0.2) is 37.2 Å². The molecule has 0 saturated carbocycles. The van der Waals surface area contributed by atoms with E-state index in [2.05, 4.69) is 142 Å². The van der Waals surface area contributed by atoms with Crippen molar-refractivity contribution >= 4 is 17.9 Å². The second-order valence-corrected chi connectivity index (χ2v) is 21.3. The molecular weight excluding hydrogens is 961 g/mol. The van der Waals surface area contributed by atoms with Crippen molar-refractivity contribution in [2.75, 3.05) is 13.2 Å². The maximum absolute atomic E-state index is 12.8. The highest BCUT2D eigenvalue weighted by Gasteiger charge is 2.19. The second kappa shape index (κ2) is 65.3. The van der Waals surface area contributed by atoms with E-state index in [4.69, 9.17) is 14.2 Å². The quantitative estimate of drug-likeness (QED) is 0.0261. The highest BCUT2D eigenvalue weighted by atomic mass is 16.6. The summed E-state index contributed by atoms with van der Waals surface area (Å²) in [4.78, 5) is 38.2. The molecule has 6 nitrogen and oxygen atoms in total. The molecule has 6 heteroatoms. The van der Waals surface area contributed by atoms with Gasteiger partial charge in [-0.15, -0.1) is 0 Å². The van der Waals surface area contributed by atoms with Crippen LogP contribution in [0.5, 0.6) is 0 Å². The molecule has 0 bridgehead atoms. The fraction of sp³-hybridized carbons (Fsp3) is 0.681. The number of hydrogen-bond donors (Lipinski definition) is 0. The summed E-state index contributed by atoms with van der Waals surface area (Å²) in [7, 11) is 0. The number of rotatable bonds is 58. The Hall–Kier alpha value is -4.19. The van der Waals surface area contributed by atoms with Gasteiger partial charge in [0.15, 0.2) is 6.10 Å². The summed E-state index contributed by atoms with van der Waals surface area (Å²) in [6, 6.07) is 0. The van der Waals surface area contributed by atoms with Gasteiger partial charge in [-0.3, -0.25) is 14.4 Å². The summed E-state index contributed by atoms with van der Waals surface area (Å²) in [5.74, 6) is -0.899. The van der Waals surface area contributed by atoms with Crippen LogP contribution in [0.4, 0.5) is 0 Å². The largest absolute Gasteiger partial charge is 0.462 e. The smallest absolute Gasteiger partial charge is 0.306 e. The highest BCUT2D eigenvalue weighted by Crippen LogP contribution is 2.15. The summed E-state index contributed by atoms with van der Waals surface area (Å²) >= 11 is 0. The van der Waals surface area contributed by atoms with Gasteiger partial charge in [-0.2, -0.15) is 0 Å². The molecule has 0 rings (SSSR count). The molecule has 0 radical (unpaired) electrons. The predicted molar refractivity (Wildman–Crippen MR) is 339 cm³/mol. The molecule has 78 heavy (non-hydrogen) atoms. The molecule has 0 saturated heterocycles. The highest BCUT2D eigenvalue weighted by molar-refractivity contribution is 5.71. The fourth-order valence-corrected chi connectivity index (χ4v) is 8.84. The molecule has 444 valence electrons. The van der Waals surface area contributed by atoms with Gasteiger partial charge in [-0.25, -0.2) is 0 Å². The first-order chi connectivity index (χ1) is 38.5. The van der Waals surface area contributed by atoms with E-state index in [1.807, 2.05) is 0 Å². The van der Waals surface area contributed by atoms with Gasteiger partial charge >= 0.3 is 17.9 Å². The molecule has 0 aromatic rings. The molecule has 0 amide bonds. The number of ether oxygens (including phenoxy) is 3. The number of carbonyl (C=O) groups is 3. The number of carbonyl (C=O) groups excluding carboxylic acids is 3. The summed E-state index contributed by atoms with van der Waals surface area (Å²) < 4.78 is 16.9. The lowest BCUT2D eigenvalue weighted by molar-refractivity contribution is -0.167. The monoisotopic (exact) mass is 1080 g/mol. The van der Waals surface area contributed by atoms with E-state index >= 15 is 0 Å². The van der Waals surface area contributed by atoms with Crippen LogP contribution in [-0.2, 0) is 28.6 Å². The molecule has 0 fully saturated rings. The lowest BCUT2D eigenvalue weighted by Gasteiger charge is -2.18. The zero-order valence-corrected chi connectivity index (χ0v) is 50.9. The van der Waals surface area contributed by atoms with Gasteiger partial charge in [0, 0.05) is 19.3 Å². The number of unbranched alkanes of at least 4 members (excludes halogenated alkanes) is 27.